The normalized spacial score (nSPS) is 15.4. The van der Waals surface area contributed by atoms with Gasteiger partial charge in [-0.15, -0.1) is 0 Å². The van der Waals surface area contributed by atoms with Crippen LogP contribution in [0.2, 0.25) is 0 Å². The predicted octanol–water partition coefficient (Wildman–Crippen LogP) is 3.41. The average Bonchev–Trinajstić information content (AvgIpc) is 3.13. The number of anilines is 1. The molecule has 1 fully saturated rings. The third kappa shape index (κ3) is 3.48. The molecule has 0 saturated carbocycles. The van der Waals surface area contributed by atoms with Crippen molar-refractivity contribution < 1.29 is 0 Å². The van der Waals surface area contributed by atoms with Crippen molar-refractivity contribution in [3.8, 4) is 11.3 Å². The zero-order valence-corrected chi connectivity index (χ0v) is 15.4. The van der Waals surface area contributed by atoms with Crippen LogP contribution in [0.25, 0.3) is 11.3 Å². The van der Waals surface area contributed by atoms with Crippen molar-refractivity contribution in [2.75, 3.05) is 31.1 Å². The Morgan fingerprint density at radius 3 is 2.58 bits per heavy atom. The molecule has 3 heterocycles. The summed E-state index contributed by atoms with van der Waals surface area (Å²) in [6.07, 6.45) is 3.83. The van der Waals surface area contributed by atoms with E-state index in [0.717, 1.165) is 44.2 Å². The Labute approximate surface area is 154 Å². The molecule has 26 heavy (non-hydrogen) atoms. The fraction of sp³-hybridized carbons (Fsp3) is 0.333. The SMILES string of the molecule is Cc1ccc(-c2[nH]ncc2CN2CCN(c3ccccn3)CC2)cc1C. The smallest absolute Gasteiger partial charge is 0.128 e. The maximum atomic E-state index is 4.46. The van der Waals surface area contributed by atoms with Crippen LogP contribution in [0, 0.1) is 13.8 Å². The van der Waals surface area contributed by atoms with E-state index in [-0.39, 0.29) is 0 Å². The number of hydrogen-bond donors (Lipinski definition) is 1. The van der Waals surface area contributed by atoms with E-state index in [1.807, 2.05) is 18.5 Å². The molecule has 0 atom stereocenters. The van der Waals surface area contributed by atoms with Gasteiger partial charge >= 0.3 is 0 Å². The number of aryl methyl sites for hydroxylation is 2. The highest BCUT2D eigenvalue weighted by Gasteiger charge is 2.19. The van der Waals surface area contributed by atoms with Crippen LogP contribution >= 0.6 is 0 Å². The molecule has 3 aromatic rings. The van der Waals surface area contributed by atoms with E-state index in [0.29, 0.717) is 0 Å². The summed E-state index contributed by atoms with van der Waals surface area (Å²) in [6, 6.07) is 12.7. The average molecular weight is 347 g/mol. The van der Waals surface area contributed by atoms with Gasteiger partial charge < -0.3 is 4.90 Å². The molecule has 4 rings (SSSR count). The number of benzene rings is 1. The molecule has 2 aromatic heterocycles. The number of nitrogens with one attached hydrogen (secondary N) is 1. The highest BCUT2D eigenvalue weighted by Crippen LogP contribution is 2.25. The number of hydrogen-bond acceptors (Lipinski definition) is 4. The van der Waals surface area contributed by atoms with Gasteiger partial charge in [0, 0.05) is 50.0 Å². The van der Waals surface area contributed by atoms with Crippen LogP contribution in [0.5, 0.6) is 0 Å². The molecule has 1 N–H and O–H groups in total. The van der Waals surface area contributed by atoms with Gasteiger partial charge in [-0.25, -0.2) is 4.98 Å². The maximum Gasteiger partial charge on any atom is 0.128 e. The van der Waals surface area contributed by atoms with E-state index in [1.54, 1.807) is 0 Å². The predicted molar refractivity (Wildman–Crippen MR) is 105 cm³/mol. The van der Waals surface area contributed by atoms with Crippen LogP contribution in [-0.2, 0) is 6.54 Å². The van der Waals surface area contributed by atoms with Crippen molar-refractivity contribution in [3.63, 3.8) is 0 Å². The van der Waals surface area contributed by atoms with Crippen LogP contribution < -0.4 is 4.90 Å². The fourth-order valence-corrected chi connectivity index (χ4v) is 3.49. The van der Waals surface area contributed by atoms with Crippen molar-refractivity contribution in [3.05, 3.63) is 65.5 Å². The summed E-state index contributed by atoms with van der Waals surface area (Å²) in [6.45, 7) is 9.32. The summed E-state index contributed by atoms with van der Waals surface area (Å²) in [4.78, 5) is 9.32. The minimum Gasteiger partial charge on any atom is -0.354 e. The Morgan fingerprint density at radius 2 is 1.85 bits per heavy atom. The second-order valence-corrected chi connectivity index (χ2v) is 7.02. The summed E-state index contributed by atoms with van der Waals surface area (Å²) >= 11 is 0. The maximum absolute atomic E-state index is 4.46. The van der Waals surface area contributed by atoms with E-state index < -0.39 is 0 Å². The molecule has 1 saturated heterocycles. The summed E-state index contributed by atoms with van der Waals surface area (Å²) in [5.74, 6) is 1.08. The van der Waals surface area contributed by atoms with Crippen molar-refractivity contribution in [2.24, 2.45) is 0 Å². The molecule has 5 heteroatoms. The monoisotopic (exact) mass is 347 g/mol. The van der Waals surface area contributed by atoms with Crippen molar-refractivity contribution in [1.82, 2.24) is 20.1 Å². The van der Waals surface area contributed by atoms with Gasteiger partial charge in [0.15, 0.2) is 0 Å². The van der Waals surface area contributed by atoms with Gasteiger partial charge in [0.2, 0.25) is 0 Å². The van der Waals surface area contributed by atoms with Gasteiger partial charge in [-0.05, 0) is 43.2 Å². The van der Waals surface area contributed by atoms with Crippen LogP contribution in [0.15, 0.2) is 48.8 Å². The molecule has 1 aliphatic rings. The lowest BCUT2D eigenvalue weighted by atomic mass is 10.0. The molecule has 5 nitrogen and oxygen atoms in total. The molecule has 0 spiro atoms. The second-order valence-electron chi connectivity index (χ2n) is 7.02. The lowest BCUT2D eigenvalue weighted by Crippen LogP contribution is -2.46. The minimum atomic E-state index is 0.925. The zero-order valence-electron chi connectivity index (χ0n) is 15.4. The van der Waals surface area contributed by atoms with Gasteiger partial charge in [0.25, 0.3) is 0 Å². The summed E-state index contributed by atoms with van der Waals surface area (Å²) in [5.41, 5.74) is 6.25. The van der Waals surface area contributed by atoms with E-state index in [9.17, 15) is 0 Å². The van der Waals surface area contributed by atoms with Gasteiger partial charge in [-0.1, -0.05) is 18.2 Å². The highest BCUT2D eigenvalue weighted by atomic mass is 15.3. The molecular weight excluding hydrogens is 322 g/mol. The zero-order chi connectivity index (χ0) is 17.9. The van der Waals surface area contributed by atoms with E-state index in [4.69, 9.17) is 0 Å². The lowest BCUT2D eigenvalue weighted by molar-refractivity contribution is 0.249. The van der Waals surface area contributed by atoms with Crippen LogP contribution in [0.4, 0.5) is 5.82 Å². The standard InChI is InChI=1S/C21H25N5/c1-16-6-7-18(13-17(16)2)21-19(14-23-24-21)15-25-9-11-26(12-10-25)20-5-3-4-8-22-20/h3-8,13-14H,9-12,15H2,1-2H3,(H,23,24). The third-order valence-electron chi connectivity index (χ3n) is 5.25. The van der Waals surface area contributed by atoms with E-state index in [1.165, 1.54) is 22.3 Å². The molecule has 0 bridgehead atoms. The van der Waals surface area contributed by atoms with Crippen molar-refractivity contribution >= 4 is 5.82 Å². The number of piperazine rings is 1. The Hall–Kier alpha value is -2.66. The molecule has 134 valence electrons. The highest BCUT2D eigenvalue weighted by molar-refractivity contribution is 5.64. The number of rotatable bonds is 4. The first-order valence-corrected chi connectivity index (χ1v) is 9.19. The first-order chi connectivity index (χ1) is 12.7. The van der Waals surface area contributed by atoms with Crippen LogP contribution in [-0.4, -0.2) is 46.3 Å². The lowest BCUT2D eigenvalue weighted by Gasteiger charge is -2.35. The summed E-state index contributed by atoms with van der Waals surface area (Å²) in [5, 5.41) is 7.50. The van der Waals surface area contributed by atoms with E-state index >= 15 is 0 Å². The Morgan fingerprint density at radius 1 is 1.00 bits per heavy atom. The topological polar surface area (TPSA) is 48.1 Å². The largest absolute Gasteiger partial charge is 0.354 e. The van der Waals surface area contributed by atoms with E-state index in [2.05, 4.69) is 69.2 Å². The quantitative estimate of drug-likeness (QED) is 0.786. The Bertz CT molecular complexity index is 863. The number of nitrogens with zero attached hydrogens (tertiary/aromatic N) is 4. The van der Waals surface area contributed by atoms with Gasteiger partial charge in [-0.2, -0.15) is 5.10 Å². The molecule has 0 aliphatic carbocycles. The molecular formula is C21H25N5. The molecule has 0 unspecified atom stereocenters. The van der Waals surface area contributed by atoms with Crippen LogP contribution in [0.3, 0.4) is 0 Å². The molecule has 0 radical (unpaired) electrons. The van der Waals surface area contributed by atoms with Crippen molar-refractivity contribution in [1.29, 1.82) is 0 Å². The number of pyridine rings is 1. The number of aromatic nitrogens is 3. The molecule has 1 aliphatic heterocycles. The minimum absolute atomic E-state index is 0.925. The first kappa shape index (κ1) is 16.8. The second kappa shape index (κ2) is 7.30. The fourth-order valence-electron chi connectivity index (χ4n) is 3.49. The van der Waals surface area contributed by atoms with Crippen LogP contribution in [0.1, 0.15) is 16.7 Å². The number of aromatic amines is 1. The van der Waals surface area contributed by atoms with Crippen molar-refractivity contribution in [2.45, 2.75) is 20.4 Å². The van der Waals surface area contributed by atoms with Gasteiger partial charge in [0.1, 0.15) is 5.82 Å². The summed E-state index contributed by atoms with van der Waals surface area (Å²) in [7, 11) is 0. The molecule has 0 amide bonds. The third-order valence-corrected chi connectivity index (χ3v) is 5.25. The summed E-state index contributed by atoms with van der Waals surface area (Å²) < 4.78 is 0. The Kier molecular flexibility index (Phi) is 4.71. The number of H-pyrrole nitrogens is 1. The Balaban J connectivity index is 1.43. The first-order valence-electron chi connectivity index (χ1n) is 9.19. The molecule has 1 aromatic carbocycles. The van der Waals surface area contributed by atoms with Gasteiger partial charge in [-0.3, -0.25) is 10.00 Å². The van der Waals surface area contributed by atoms with Gasteiger partial charge in [0.05, 0.1) is 11.9 Å².